The lowest BCUT2D eigenvalue weighted by atomic mass is 10.1. The number of carbonyl (C=O) groups excluding carboxylic acids is 1. The van der Waals surface area contributed by atoms with Gasteiger partial charge in [0.15, 0.2) is 0 Å². The van der Waals surface area contributed by atoms with Crippen LogP contribution >= 0.6 is 0 Å². The van der Waals surface area contributed by atoms with E-state index in [1.807, 2.05) is 50.2 Å². The van der Waals surface area contributed by atoms with E-state index in [0.717, 1.165) is 11.1 Å². The topological polar surface area (TPSA) is 99.2 Å². The van der Waals surface area contributed by atoms with Gasteiger partial charge in [-0.1, -0.05) is 47.1 Å². The van der Waals surface area contributed by atoms with Gasteiger partial charge in [-0.2, -0.15) is 0 Å². The van der Waals surface area contributed by atoms with Crippen LogP contribution in [0.2, 0.25) is 0 Å². The smallest absolute Gasteiger partial charge is 0.266 e. The van der Waals surface area contributed by atoms with Crippen LogP contribution in [0.5, 0.6) is 5.75 Å². The van der Waals surface area contributed by atoms with Crippen LogP contribution in [-0.4, -0.2) is 27.2 Å². The van der Waals surface area contributed by atoms with E-state index >= 15 is 0 Å². The van der Waals surface area contributed by atoms with Crippen molar-refractivity contribution in [3.05, 3.63) is 70.8 Å². The number of aromatic nitrogens is 3. The van der Waals surface area contributed by atoms with Crippen molar-refractivity contribution in [3.63, 3.8) is 0 Å². The van der Waals surface area contributed by atoms with Gasteiger partial charge < -0.3 is 14.6 Å². The summed E-state index contributed by atoms with van der Waals surface area (Å²) in [6, 6.07) is 14.9. The van der Waals surface area contributed by atoms with Crippen molar-refractivity contribution in [2.24, 2.45) is 0 Å². The summed E-state index contributed by atoms with van der Waals surface area (Å²) < 4.78 is 12.2. The average molecular weight is 418 g/mol. The maximum Gasteiger partial charge on any atom is 0.266 e. The molecule has 0 fully saturated rings. The summed E-state index contributed by atoms with van der Waals surface area (Å²) >= 11 is 0. The monoisotopic (exact) mass is 418 g/mol. The number of nitrogens with one attached hydrogen (secondary N) is 1. The first-order chi connectivity index (χ1) is 15.1. The molecule has 0 aliphatic carbocycles. The van der Waals surface area contributed by atoms with Crippen molar-refractivity contribution in [3.8, 4) is 17.0 Å². The van der Waals surface area contributed by atoms with Crippen molar-refractivity contribution in [1.82, 2.24) is 14.7 Å². The van der Waals surface area contributed by atoms with Crippen LogP contribution < -0.4 is 15.6 Å². The first-order valence-electron chi connectivity index (χ1n) is 10.0. The molecule has 2 aromatic carbocycles. The first kappa shape index (κ1) is 20.3. The lowest BCUT2D eigenvalue weighted by Crippen LogP contribution is -2.23. The Labute approximate surface area is 178 Å². The van der Waals surface area contributed by atoms with E-state index in [0.29, 0.717) is 29.1 Å². The Kier molecular flexibility index (Phi) is 5.79. The van der Waals surface area contributed by atoms with Gasteiger partial charge in [-0.15, -0.1) is 0 Å². The predicted molar refractivity (Wildman–Crippen MR) is 117 cm³/mol. The van der Waals surface area contributed by atoms with Gasteiger partial charge in [0.2, 0.25) is 5.91 Å². The Hall–Kier alpha value is -3.94. The molecule has 8 heteroatoms. The molecule has 0 atom stereocenters. The Morgan fingerprint density at radius 2 is 1.94 bits per heavy atom. The van der Waals surface area contributed by atoms with Gasteiger partial charge in [0.05, 0.1) is 12.3 Å². The van der Waals surface area contributed by atoms with Crippen molar-refractivity contribution in [2.45, 2.75) is 26.8 Å². The highest BCUT2D eigenvalue weighted by Gasteiger charge is 2.17. The second kappa shape index (κ2) is 8.83. The minimum atomic E-state index is -0.302. The lowest BCUT2D eigenvalue weighted by Gasteiger charge is -2.11. The summed E-state index contributed by atoms with van der Waals surface area (Å²) in [7, 11) is 0. The normalized spacial score (nSPS) is 10.9. The predicted octanol–water partition coefficient (Wildman–Crippen LogP) is 3.79. The molecule has 158 valence electrons. The second-order valence-electron chi connectivity index (χ2n) is 7.05. The number of carbonyl (C=O) groups is 1. The number of nitrogens with zero attached hydrogens (tertiary/aromatic N) is 3. The van der Waals surface area contributed by atoms with Gasteiger partial charge >= 0.3 is 0 Å². The van der Waals surface area contributed by atoms with E-state index in [9.17, 15) is 9.59 Å². The molecule has 1 amide bonds. The van der Waals surface area contributed by atoms with E-state index in [1.54, 1.807) is 12.1 Å². The molecule has 4 rings (SSSR count). The van der Waals surface area contributed by atoms with Crippen LogP contribution in [0, 0.1) is 6.92 Å². The molecule has 0 unspecified atom stereocenters. The second-order valence-corrected chi connectivity index (χ2v) is 7.05. The van der Waals surface area contributed by atoms with E-state index in [4.69, 9.17) is 9.26 Å². The number of fused-ring (bicyclic) bond motifs is 1. The lowest BCUT2D eigenvalue weighted by molar-refractivity contribution is -0.116. The summed E-state index contributed by atoms with van der Waals surface area (Å²) in [6.45, 7) is 4.53. The summed E-state index contributed by atoms with van der Waals surface area (Å²) in [5, 5.41) is 7.16. The van der Waals surface area contributed by atoms with E-state index in [1.165, 1.54) is 10.9 Å². The quantitative estimate of drug-likeness (QED) is 0.490. The fourth-order valence-electron chi connectivity index (χ4n) is 3.23. The minimum Gasteiger partial charge on any atom is -0.492 e. The maximum absolute atomic E-state index is 13.0. The molecule has 0 radical (unpaired) electrons. The van der Waals surface area contributed by atoms with Crippen molar-refractivity contribution >= 4 is 22.7 Å². The molecule has 31 heavy (non-hydrogen) atoms. The third-order valence-corrected chi connectivity index (χ3v) is 4.83. The zero-order chi connectivity index (χ0) is 21.8. The number of rotatable bonds is 7. The summed E-state index contributed by atoms with van der Waals surface area (Å²) in [5.74, 6) is 0.369. The molecule has 0 saturated carbocycles. The third-order valence-electron chi connectivity index (χ3n) is 4.83. The number of anilines is 1. The molecule has 2 aromatic heterocycles. The van der Waals surface area contributed by atoms with E-state index in [2.05, 4.69) is 15.5 Å². The summed E-state index contributed by atoms with van der Waals surface area (Å²) in [4.78, 5) is 29.7. The fourth-order valence-corrected chi connectivity index (χ4v) is 3.23. The zero-order valence-electron chi connectivity index (χ0n) is 17.3. The molecule has 8 nitrogen and oxygen atoms in total. The van der Waals surface area contributed by atoms with E-state index in [-0.39, 0.29) is 30.1 Å². The summed E-state index contributed by atoms with van der Waals surface area (Å²) in [5.41, 5.74) is 2.78. The summed E-state index contributed by atoms with van der Waals surface area (Å²) in [6.07, 6.45) is 1.47. The molecule has 0 saturated heterocycles. The fraction of sp³-hybridized carbons (Fsp3) is 0.217. The number of amides is 1. The Bertz CT molecular complexity index is 1270. The molecular weight excluding hydrogens is 396 g/mol. The third kappa shape index (κ3) is 4.32. The number of hydrogen-bond acceptors (Lipinski definition) is 6. The van der Waals surface area contributed by atoms with Crippen molar-refractivity contribution in [1.29, 1.82) is 0 Å². The van der Waals surface area contributed by atoms with Gasteiger partial charge in [-0.05, 0) is 26.0 Å². The molecule has 4 aromatic rings. The van der Waals surface area contributed by atoms with Gasteiger partial charge in [0.1, 0.15) is 23.2 Å². The first-order valence-corrected chi connectivity index (χ1v) is 10.0. The number of aryl methyl sites for hydroxylation is 2. The van der Waals surface area contributed by atoms with Crippen LogP contribution in [0.25, 0.3) is 22.4 Å². The molecule has 0 aliphatic heterocycles. The molecule has 0 bridgehead atoms. The van der Waals surface area contributed by atoms with Gasteiger partial charge in [0.25, 0.3) is 11.3 Å². The van der Waals surface area contributed by atoms with Crippen LogP contribution in [0.15, 0.2) is 64.2 Å². The highest BCUT2D eigenvalue weighted by Crippen LogP contribution is 2.25. The maximum atomic E-state index is 13.0. The van der Waals surface area contributed by atoms with Gasteiger partial charge in [-0.25, -0.2) is 4.98 Å². The van der Waals surface area contributed by atoms with E-state index < -0.39 is 0 Å². The van der Waals surface area contributed by atoms with Crippen molar-refractivity contribution in [2.75, 3.05) is 11.9 Å². The van der Waals surface area contributed by atoms with Crippen LogP contribution in [0.1, 0.15) is 18.9 Å². The minimum absolute atomic E-state index is 0.0959. The van der Waals surface area contributed by atoms with Crippen LogP contribution in [-0.2, 0) is 11.3 Å². The number of hydrogen-bond donors (Lipinski definition) is 1. The van der Waals surface area contributed by atoms with Gasteiger partial charge in [-0.3, -0.25) is 14.2 Å². The molecule has 1 N–H and O–H groups in total. The zero-order valence-corrected chi connectivity index (χ0v) is 17.3. The SMILES string of the molecule is CCOc1ccccc1NC(=O)CCn1cnc2onc(-c3ccc(C)cc3)c2c1=O. The number of para-hydroxylation sites is 2. The standard InChI is InChI=1S/C23H22N4O4/c1-3-30-18-7-5-4-6-17(18)25-19(28)12-13-27-14-24-22-20(23(27)29)21(26-31-22)16-10-8-15(2)9-11-16/h4-11,14H,3,12-13H2,1-2H3,(H,25,28). The molecule has 2 heterocycles. The van der Waals surface area contributed by atoms with Gasteiger partial charge in [0, 0.05) is 18.5 Å². The largest absolute Gasteiger partial charge is 0.492 e. The van der Waals surface area contributed by atoms with Crippen LogP contribution in [0.3, 0.4) is 0 Å². The average Bonchev–Trinajstić information content (AvgIpc) is 3.20. The Morgan fingerprint density at radius 1 is 1.16 bits per heavy atom. The Morgan fingerprint density at radius 3 is 2.71 bits per heavy atom. The van der Waals surface area contributed by atoms with Crippen molar-refractivity contribution < 1.29 is 14.1 Å². The highest BCUT2D eigenvalue weighted by atomic mass is 16.5. The number of benzene rings is 2. The Balaban J connectivity index is 1.53. The molecule has 0 spiro atoms. The number of ether oxygens (including phenoxy) is 1. The highest BCUT2D eigenvalue weighted by molar-refractivity contribution is 5.92. The van der Waals surface area contributed by atoms with Crippen LogP contribution in [0.4, 0.5) is 5.69 Å². The molecule has 0 aliphatic rings. The molecular formula is C23H22N4O4.